The van der Waals surface area contributed by atoms with E-state index in [-0.39, 0.29) is 25.2 Å². The fourth-order valence-corrected chi connectivity index (χ4v) is 4.18. The minimum absolute atomic E-state index is 0.160. The van der Waals surface area contributed by atoms with Crippen molar-refractivity contribution >= 4 is 11.9 Å². The highest BCUT2D eigenvalue weighted by Crippen LogP contribution is 2.12. The Hall–Kier alpha value is -2.36. The average Bonchev–Trinajstić information content (AvgIpc) is 2.92. The summed E-state index contributed by atoms with van der Waals surface area (Å²) in [6.45, 7) is 2.66. The Balaban J connectivity index is 1.80. The molecule has 0 saturated heterocycles. The molecule has 0 aromatic heterocycles. The fourth-order valence-electron chi connectivity index (χ4n) is 4.18. The Kier molecular flexibility index (Phi) is 22.3. The lowest BCUT2D eigenvalue weighted by atomic mass is 10.1. The van der Waals surface area contributed by atoms with Crippen LogP contribution in [0.5, 0.6) is 0 Å². The molecule has 0 saturated carbocycles. The maximum Gasteiger partial charge on any atom is 0.338 e. The van der Waals surface area contributed by atoms with E-state index in [2.05, 4.69) is 19.1 Å². The first-order valence-electron chi connectivity index (χ1n) is 14.9. The van der Waals surface area contributed by atoms with Crippen LogP contribution in [0.15, 0.2) is 54.6 Å². The molecule has 0 N–H and O–H groups in total. The second-order valence-corrected chi connectivity index (χ2v) is 9.87. The third-order valence-corrected chi connectivity index (χ3v) is 6.47. The Labute approximate surface area is 226 Å². The molecule has 37 heavy (non-hydrogen) atoms. The van der Waals surface area contributed by atoms with Gasteiger partial charge in [0.25, 0.3) is 0 Å². The number of carbonyl (C=O) groups is 2. The van der Waals surface area contributed by atoms with Crippen LogP contribution in [0.4, 0.5) is 0 Å². The zero-order valence-corrected chi connectivity index (χ0v) is 23.5. The normalized spacial score (nSPS) is 11.4. The number of allylic oxidation sites excluding steroid dienone is 2. The van der Waals surface area contributed by atoms with Crippen molar-refractivity contribution in [2.45, 2.75) is 122 Å². The maximum absolute atomic E-state index is 11.8. The van der Waals surface area contributed by atoms with Crippen molar-refractivity contribution in [2.75, 3.05) is 13.2 Å². The predicted molar refractivity (Wildman–Crippen MR) is 155 cm³/mol. The number of unbranched alkanes of at least 4 members (excludes halogenated alkanes) is 15. The Bertz CT molecular complexity index is 723. The summed E-state index contributed by atoms with van der Waals surface area (Å²) in [7, 11) is 0. The summed E-state index contributed by atoms with van der Waals surface area (Å²) in [6, 6.07) is 8.87. The molecular formula is C33H52O4. The number of esters is 2. The third kappa shape index (κ3) is 21.4. The van der Waals surface area contributed by atoms with Crippen LogP contribution in [-0.2, 0) is 14.3 Å². The molecule has 1 aromatic rings. The van der Waals surface area contributed by atoms with E-state index in [0.717, 1.165) is 12.8 Å². The van der Waals surface area contributed by atoms with E-state index in [0.29, 0.717) is 12.0 Å². The van der Waals surface area contributed by atoms with Gasteiger partial charge in [-0.1, -0.05) is 114 Å². The van der Waals surface area contributed by atoms with Gasteiger partial charge in [0, 0.05) is 6.42 Å². The molecule has 0 atom stereocenters. The van der Waals surface area contributed by atoms with E-state index in [1.54, 1.807) is 36.4 Å². The van der Waals surface area contributed by atoms with Crippen LogP contribution in [0.25, 0.3) is 0 Å². The maximum atomic E-state index is 11.8. The van der Waals surface area contributed by atoms with Crippen molar-refractivity contribution < 1.29 is 19.1 Å². The lowest BCUT2D eigenvalue weighted by molar-refractivity contribution is -0.142. The number of carbonyl (C=O) groups excluding carboxylic acids is 2. The van der Waals surface area contributed by atoms with E-state index >= 15 is 0 Å². The molecular weight excluding hydrogens is 460 g/mol. The van der Waals surface area contributed by atoms with Gasteiger partial charge < -0.3 is 9.47 Å². The Morgan fingerprint density at radius 1 is 0.595 bits per heavy atom. The topological polar surface area (TPSA) is 52.6 Å². The van der Waals surface area contributed by atoms with Gasteiger partial charge in [0.05, 0.1) is 5.56 Å². The highest BCUT2D eigenvalue weighted by atomic mass is 16.5. The van der Waals surface area contributed by atoms with Gasteiger partial charge >= 0.3 is 11.9 Å². The predicted octanol–water partition coefficient (Wildman–Crippen LogP) is 9.54. The molecule has 0 spiro atoms. The van der Waals surface area contributed by atoms with Crippen LogP contribution >= 0.6 is 0 Å². The highest BCUT2D eigenvalue weighted by Gasteiger charge is 2.04. The zero-order chi connectivity index (χ0) is 26.7. The number of benzene rings is 1. The van der Waals surface area contributed by atoms with Crippen LogP contribution < -0.4 is 0 Å². The van der Waals surface area contributed by atoms with Crippen molar-refractivity contribution in [1.29, 1.82) is 0 Å². The van der Waals surface area contributed by atoms with Crippen molar-refractivity contribution in [3.05, 3.63) is 60.2 Å². The monoisotopic (exact) mass is 512 g/mol. The van der Waals surface area contributed by atoms with Gasteiger partial charge in [0.1, 0.15) is 13.2 Å². The fraction of sp³-hybridized carbons (Fsp3) is 0.636. The van der Waals surface area contributed by atoms with Gasteiger partial charge in [0.2, 0.25) is 0 Å². The minimum atomic E-state index is -0.357. The van der Waals surface area contributed by atoms with Gasteiger partial charge in [-0.25, -0.2) is 4.79 Å². The standard InChI is InChI=1S/C33H52O4/c1-2-3-4-5-6-7-8-9-10-11-12-13-14-15-16-17-18-19-23-28-32(34)36-29-24-25-30-37-33(35)31-26-21-20-22-27-31/h9-10,20-22,24-27H,2-8,11-19,23,28-30H2,1H3/b10-9-,25-24+. The van der Waals surface area contributed by atoms with Crippen molar-refractivity contribution in [3.8, 4) is 0 Å². The van der Waals surface area contributed by atoms with Crippen LogP contribution in [0, 0.1) is 0 Å². The number of rotatable bonds is 24. The van der Waals surface area contributed by atoms with Gasteiger partial charge in [0.15, 0.2) is 0 Å². The molecule has 4 nitrogen and oxygen atoms in total. The number of hydrogen-bond acceptors (Lipinski definition) is 4. The molecule has 4 heteroatoms. The van der Waals surface area contributed by atoms with E-state index < -0.39 is 0 Å². The van der Waals surface area contributed by atoms with E-state index in [1.807, 2.05) is 6.07 Å². The van der Waals surface area contributed by atoms with Crippen LogP contribution in [-0.4, -0.2) is 25.2 Å². The van der Waals surface area contributed by atoms with Crippen LogP contribution in [0.1, 0.15) is 133 Å². The molecule has 0 bridgehead atoms. The van der Waals surface area contributed by atoms with Gasteiger partial charge in [-0.05, 0) is 56.4 Å². The summed E-state index contributed by atoms with van der Waals surface area (Å²) in [4.78, 5) is 23.6. The minimum Gasteiger partial charge on any atom is -0.461 e. The summed E-state index contributed by atoms with van der Waals surface area (Å²) < 4.78 is 10.3. The molecule has 0 fully saturated rings. The molecule has 1 rings (SSSR count). The summed E-state index contributed by atoms with van der Waals surface area (Å²) in [5, 5.41) is 0. The molecule has 0 aliphatic heterocycles. The molecule has 1 aromatic carbocycles. The molecule has 0 aliphatic carbocycles. The lowest BCUT2D eigenvalue weighted by Gasteiger charge is -2.04. The first kappa shape index (κ1) is 32.7. The lowest BCUT2D eigenvalue weighted by Crippen LogP contribution is -2.06. The zero-order valence-electron chi connectivity index (χ0n) is 23.5. The second kappa shape index (κ2) is 25.3. The summed E-state index contributed by atoms with van der Waals surface area (Å²) in [5.74, 6) is -0.518. The van der Waals surface area contributed by atoms with Crippen LogP contribution in [0.3, 0.4) is 0 Å². The molecule has 208 valence electrons. The van der Waals surface area contributed by atoms with Crippen molar-refractivity contribution in [1.82, 2.24) is 0 Å². The number of hydrogen-bond donors (Lipinski definition) is 0. The van der Waals surface area contributed by atoms with E-state index in [1.165, 1.54) is 96.3 Å². The molecule has 0 amide bonds. The van der Waals surface area contributed by atoms with Gasteiger partial charge in [-0.3, -0.25) is 4.79 Å². The molecule has 0 heterocycles. The first-order valence-corrected chi connectivity index (χ1v) is 14.9. The molecule has 0 aliphatic rings. The SMILES string of the molecule is CCCCCCCC/C=C\CCCCCCCCCCCC(=O)OC/C=C/COC(=O)c1ccccc1. The van der Waals surface area contributed by atoms with Crippen molar-refractivity contribution in [3.63, 3.8) is 0 Å². The average molecular weight is 513 g/mol. The largest absolute Gasteiger partial charge is 0.461 e. The Morgan fingerprint density at radius 3 is 1.65 bits per heavy atom. The van der Waals surface area contributed by atoms with Crippen molar-refractivity contribution in [2.24, 2.45) is 0 Å². The second-order valence-electron chi connectivity index (χ2n) is 9.87. The summed E-state index contributed by atoms with van der Waals surface area (Å²) in [6.07, 6.45) is 30.5. The van der Waals surface area contributed by atoms with E-state index in [9.17, 15) is 9.59 Å². The summed E-state index contributed by atoms with van der Waals surface area (Å²) >= 11 is 0. The van der Waals surface area contributed by atoms with E-state index in [4.69, 9.17) is 9.47 Å². The number of ether oxygens (including phenoxy) is 2. The highest BCUT2D eigenvalue weighted by molar-refractivity contribution is 5.89. The summed E-state index contributed by atoms with van der Waals surface area (Å²) in [5.41, 5.74) is 0.527. The smallest absolute Gasteiger partial charge is 0.338 e. The molecule has 0 unspecified atom stereocenters. The quantitative estimate of drug-likeness (QED) is 0.0786. The molecule has 0 radical (unpaired) electrons. The Morgan fingerprint density at radius 2 is 1.08 bits per heavy atom. The van der Waals surface area contributed by atoms with Crippen LogP contribution in [0.2, 0.25) is 0 Å². The first-order chi connectivity index (χ1) is 18.2. The van der Waals surface area contributed by atoms with Gasteiger partial charge in [-0.2, -0.15) is 0 Å². The third-order valence-electron chi connectivity index (χ3n) is 6.47. The van der Waals surface area contributed by atoms with Gasteiger partial charge in [-0.15, -0.1) is 0 Å².